The fraction of sp³-hybridized carbons (Fsp3) is 0.214. The second-order valence-corrected chi connectivity index (χ2v) is 3.81. The second-order valence-electron chi connectivity index (χ2n) is 3.81. The van der Waals surface area contributed by atoms with Crippen LogP contribution in [0.15, 0.2) is 47.4 Å². The van der Waals surface area contributed by atoms with Crippen LogP contribution in [0.4, 0.5) is 4.79 Å². The highest BCUT2D eigenvalue weighted by atomic mass is 16.5. The summed E-state index contributed by atoms with van der Waals surface area (Å²) in [6.07, 6.45) is 1.72. The maximum atomic E-state index is 11.2. The molecule has 0 fully saturated rings. The number of benzene rings is 1. The van der Waals surface area contributed by atoms with Crippen molar-refractivity contribution in [2.75, 3.05) is 13.2 Å². The minimum absolute atomic E-state index is 0.219. The predicted octanol–water partition coefficient (Wildman–Crippen LogP) is 2.89. The first kappa shape index (κ1) is 12.2. The fourth-order valence-corrected chi connectivity index (χ4v) is 1.63. The lowest BCUT2D eigenvalue weighted by atomic mass is 10.2. The summed E-state index contributed by atoms with van der Waals surface area (Å²) < 4.78 is 10.4. The molecule has 4 heteroatoms. The molecule has 4 nitrogen and oxygen atoms in total. The number of rotatable bonds is 5. The van der Waals surface area contributed by atoms with Crippen molar-refractivity contribution in [3.05, 3.63) is 48.7 Å². The van der Waals surface area contributed by atoms with Gasteiger partial charge in [-0.3, -0.25) is 0 Å². The van der Waals surface area contributed by atoms with Gasteiger partial charge in [0.15, 0.2) is 0 Å². The van der Waals surface area contributed by atoms with Crippen molar-refractivity contribution < 1.29 is 13.9 Å². The number of alkyl carbamates (subject to hydrolysis) is 1. The first-order valence-electron chi connectivity index (χ1n) is 5.78. The molecule has 0 bridgehead atoms. The number of hydrogen-bond acceptors (Lipinski definition) is 3. The van der Waals surface area contributed by atoms with E-state index in [9.17, 15) is 4.79 Å². The lowest BCUT2D eigenvalue weighted by Crippen LogP contribution is -2.26. The van der Waals surface area contributed by atoms with Gasteiger partial charge in [0.1, 0.15) is 18.0 Å². The van der Waals surface area contributed by atoms with E-state index in [0.717, 1.165) is 16.7 Å². The molecule has 0 aliphatic carbocycles. The topological polar surface area (TPSA) is 51.5 Å². The van der Waals surface area contributed by atoms with Gasteiger partial charge in [0.25, 0.3) is 0 Å². The third-order valence-electron chi connectivity index (χ3n) is 2.45. The summed E-state index contributed by atoms with van der Waals surface area (Å²) in [4.78, 5) is 11.2. The Morgan fingerprint density at radius 3 is 3.06 bits per heavy atom. The molecule has 1 heterocycles. The Morgan fingerprint density at radius 2 is 2.28 bits per heavy atom. The molecule has 1 N–H and O–H groups in total. The minimum atomic E-state index is -0.439. The van der Waals surface area contributed by atoms with Gasteiger partial charge in [0.2, 0.25) is 0 Å². The van der Waals surface area contributed by atoms with Crippen LogP contribution in [0, 0.1) is 0 Å². The van der Waals surface area contributed by atoms with Gasteiger partial charge in [-0.1, -0.05) is 30.9 Å². The number of para-hydroxylation sites is 1. The molecule has 0 atom stereocenters. The van der Waals surface area contributed by atoms with E-state index in [1.54, 1.807) is 0 Å². The maximum Gasteiger partial charge on any atom is 0.407 e. The highest BCUT2D eigenvalue weighted by Gasteiger charge is 2.04. The van der Waals surface area contributed by atoms with E-state index in [4.69, 9.17) is 9.15 Å². The average molecular weight is 245 g/mol. The molecule has 0 saturated carbocycles. The Bertz CT molecular complexity index is 512. The summed E-state index contributed by atoms with van der Waals surface area (Å²) in [6.45, 7) is 4.17. The molecule has 1 aromatic carbocycles. The molecule has 0 aliphatic heterocycles. The Hall–Kier alpha value is -2.23. The SMILES string of the molecule is C=CCOC(=O)NCCc1cc2ccccc2o1. The van der Waals surface area contributed by atoms with Crippen LogP contribution in [0.25, 0.3) is 11.0 Å². The summed E-state index contributed by atoms with van der Waals surface area (Å²) in [5.74, 6) is 0.847. The highest BCUT2D eigenvalue weighted by molar-refractivity contribution is 5.77. The largest absolute Gasteiger partial charge is 0.461 e. The van der Waals surface area contributed by atoms with Gasteiger partial charge < -0.3 is 14.5 Å². The molecule has 2 rings (SSSR count). The van der Waals surface area contributed by atoms with Crippen LogP contribution in [0.1, 0.15) is 5.76 Å². The number of ether oxygens (including phenoxy) is 1. The van der Waals surface area contributed by atoms with Crippen LogP contribution < -0.4 is 5.32 Å². The Labute approximate surface area is 105 Å². The third-order valence-corrected chi connectivity index (χ3v) is 2.45. The van der Waals surface area contributed by atoms with E-state index in [2.05, 4.69) is 11.9 Å². The lowest BCUT2D eigenvalue weighted by molar-refractivity contribution is 0.158. The monoisotopic (exact) mass is 245 g/mol. The van der Waals surface area contributed by atoms with Crippen LogP contribution in [0.3, 0.4) is 0 Å². The zero-order valence-corrected chi connectivity index (χ0v) is 10.0. The number of carbonyl (C=O) groups is 1. The van der Waals surface area contributed by atoms with Crippen molar-refractivity contribution in [1.29, 1.82) is 0 Å². The van der Waals surface area contributed by atoms with Gasteiger partial charge >= 0.3 is 6.09 Å². The van der Waals surface area contributed by atoms with E-state index in [0.29, 0.717) is 13.0 Å². The summed E-state index contributed by atoms with van der Waals surface area (Å²) >= 11 is 0. The van der Waals surface area contributed by atoms with Crippen molar-refractivity contribution in [3.8, 4) is 0 Å². The van der Waals surface area contributed by atoms with Gasteiger partial charge in [-0.05, 0) is 12.1 Å². The van der Waals surface area contributed by atoms with Crippen molar-refractivity contribution in [1.82, 2.24) is 5.32 Å². The Balaban J connectivity index is 1.83. The van der Waals surface area contributed by atoms with Crippen LogP contribution in [0.2, 0.25) is 0 Å². The number of furan rings is 1. The molecule has 1 amide bonds. The molecular weight excluding hydrogens is 230 g/mol. The third kappa shape index (κ3) is 3.13. The van der Waals surface area contributed by atoms with Gasteiger partial charge in [0.05, 0.1) is 0 Å². The lowest BCUT2D eigenvalue weighted by Gasteiger charge is -2.03. The summed E-state index contributed by atoms with van der Waals surface area (Å²) in [5, 5.41) is 3.71. The molecule has 94 valence electrons. The average Bonchev–Trinajstić information content (AvgIpc) is 2.79. The molecular formula is C14H15NO3. The van der Waals surface area contributed by atoms with Crippen molar-refractivity contribution in [2.45, 2.75) is 6.42 Å². The molecule has 0 radical (unpaired) electrons. The van der Waals surface area contributed by atoms with Crippen LogP contribution in [0.5, 0.6) is 0 Å². The predicted molar refractivity (Wildman–Crippen MR) is 69.5 cm³/mol. The summed E-state index contributed by atoms with van der Waals surface area (Å²) in [6, 6.07) is 9.79. The van der Waals surface area contributed by atoms with Gasteiger partial charge in [0, 0.05) is 18.4 Å². The molecule has 0 spiro atoms. The molecule has 0 saturated heterocycles. The zero-order chi connectivity index (χ0) is 12.8. The molecule has 0 unspecified atom stereocenters. The van der Waals surface area contributed by atoms with Gasteiger partial charge in [-0.2, -0.15) is 0 Å². The molecule has 1 aromatic heterocycles. The Kier molecular flexibility index (Phi) is 4.02. The number of carbonyl (C=O) groups excluding carboxylic acids is 1. The quantitative estimate of drug-likeness (QED) is 0.824. The van der Waals surface area contributed by atoms with Gasteiger partial charge in [-0.15, -0.1) is 0 Å². The fourth-order valence-electron chi connectivity index (χ4n) is 1.63. The molecule has 0 aliphatic rings. The van der Waals surface area contributed by atoms with Crippen molar-refractivity contribution in [3.63, 3.8) is 0 Å². The van der Waals surface area contributed by atoms with E-state index >= 15 is 0 Å². The van der Waals surface area contributed by atoms with E-state index in [1.807, 2.05) is 30.3 Å². The molecule has 18 heavy (non-hydrogen) atoms. The summed E-state index contributed by atoms with van der Waals surface area (Å²) in [5.41, 5.74) is 0.863. The molecule has 2 aromatic rings. The number of nitrogens with one attached hydrogen (secondary N) is 1. The first-order valence-corrected chi connectivity index (χ1v) is 5.78. The van der Waals surface area contributed by atoms with Crippen LogP contribution in [-0.4, -0.2) is 19.2 Å². The first-order chi connectivity index (χ1) is 8.79. The zero-order valence-electron chi connectivity index (χ0n) is 10.0. The standard InChI is InChI=1S/C14H15NO3/c1-2-9-17-14(16)15-8-7-12-10-11-5-3-4-6-13(11)18-12/h2-6,10H,1,7-9H2,(H,15,16). The van der Waals surface area contributed by atoms with E-state index in [-0.39, 0.29) is 6.61 Å². The summed E-state index contributed by atoms with van der Waals surface area (Å²) in [7, 11) is 0. The number of amides is 1. The van der Waals surface area contributed by atoms with Crippen molar-refractivity contribution in [2.24, 2.45) is 0 Å². The van der Waals surface area contributed by atoms with E-state index < -0.39 is 6.09 Å². The van der Waals surface area contributed by atoms with Crippen LogP contribution in [-0.2, 0) is 11.2 Å². The Morgan fingerprint density at radius 1 is 1.44 bits per heavy atom. The normalized spacial score (nSPS) is 10.2. The smallest absolute Gasteiger partial charge is 0.407 e. The van der Waals surface area contributed by atoms with Crippen LogP contribution >= 0.6 is 0 Å². The van der Waals surface area contributed by atoms with Crippen molar-refractivity contribution >= 4 is 17.1 Å². The second kappa shape index (κ2) is 5.91. The number of fused-ring (bicyclic) bond motifs is 1. The van der Waals surface area contributed by atoms with E-state index in [1.165, 1.54) is 6.08 Å². The van der Waals surface area contributed by atoms with Gasteiger partial charge in [-0.25, -0.2) is 4.79 Å². The highest BCUT2D eigenvalue weighted by Crippen LogP contribution is 2.18. The minimum Gasteiger partial charge on any atom is -0.461 e. The maximum absolute atomic E-state index is 11.2. The number of hydrogen-bond donors (Lipinski definition) is 1.